The first-order chi connectivity index (χ1) is 8.54. The van der Waals surface area contributed by atoms with Crippen molar-refractivity contribution in [2.45, 2.75) is 0 Å². The third-order valence-corrected chi connectivity index (χ3v) is 2.74. The number of benzene rings is 1. The van der Waals surface area contributed by atoms with E-state index in [-0.39, 0.29) is 5.56 Å². The van der Waals surface area contributed by atoms with Crippen LogP contribution in [-0.2, 0) is 4.74 Å². The molecule has 0 heterocycles. The summed E-state index contributed by atoms with van der Waals surface area (Å²) in [5.41, 5.74) is 0.496. The zero-order valence-electron chi connectivity index (χ0n) is 9.70. The molecule has 3 N–H and O–H groups in total. The van der Waals surface area contributed by atoms with Crippen LogP contribution in [-0.4, -0.2) is 37.4 Å². The van der Waals surface area contributed by atoms with Gasteiger partial charge in [-0.2, -0.15) is 0 Å². The number of halogens is 1. The minimum atomic E-state index is -1.05. The molecular formula is C11H13BrN2O4. The smallest absolute Gasteiger partial charge is 0.335 e. The number of carbonyl (C=O) groups excluding carboxylic acids is 1. The summed E-state index contributed by atoms with van der Waals surface area (Å²) in [5.74, 6) is -1.05. The number of urea groups is 1. The Bertz CT molecular complexity index is 451. The Morgan fingerprint density at radius 3 is 2.78 bits per heavy atom. The van der Waals surface area contributed by atoms with Gasteiger partial charge >= 0.3 is 12.0 Å². The van der Waals surface area contributed by atoms with Gasteiger partial charge in [-0.3, -0.25) is 0 Å². The van der Waals surface area contributed by atoms with Gasteiger partial charge in [0.15, 0.2) is 0 Å². The van der Waals surface area contributed by atoms with Crippen molar-refractivity contribution >= 4 is 33.6 Å². The third kappa shape index (κ3) is 4.34. The molecule has 18 heavy (non-hydrogen) atoms. The van der Waals surface area contributed by atoms with E-state index in [0.717, 1.165) is 0 Å². The first-order valence-corrected chi connectivity index (χ1v) is 5.90. The SMILES string of the molecule is COCCNC(=O)Nc1cc(C(=O)O)ccc1Br. The fourth-order valence-electron chi connectivity index (χ4n) is 1.19. The van der Waals surface area contributed by atoms with Crippen LogP contribution in [0.1, 0.15) is 10.4 Å². The number of nitrogens with one attached hydrogen (secondary N) is 2. The van der Waals surface area contributed by atoms with Gasteiger partial charge in [0.05, 0.1) is 17.9 Å². The van der Waals surface area contributed by atoms with E-state index < -0.39 is 12.0 Å². The van der Waals surface area contributed by atoms with Crippen molar-refractivity contribution < 1.29 is 19.4 Å². The maximum atomic E-state index is 11.5. The molecule has 0 bridgehead atoms. The van der Waals surface area contributed by atoms with E-state index in [1.165, 1.54) is 19.2 Å². The first kappa shape index (κ1) is 14.5. The number of rotatable bonds is 5. The van der Waals surface area contributed by atoms with Gasteiger partial charge in [-0.15, -0.1) is 0 Å². The molecule has 0 unspecified atom stereocenters. The number of carboxylic acid groups (broad SMARTS) is 1. The summed E-state index contributed by atoms with van der Waals surface area (Å²) in [4.78, 5) is 22.3. The van der Waals surface area contributed by atoms with E-state index in [0.29, 0.717) is 23.3 Å². The van der Waals surface area contributed by atoms with Crippen LogP contribution in [0.15, 0.2) is 22.7 Å². The number of amides is 2. The lowest BCUT2D eigenvalue weighted by Crippen LogP contribution is -2.31. The molecule has 98 valence electrons. The fraction of sp³-hybridized carbons (Fsp3) is 0.273. The molecule has 2 amide bonds. The van der Waals surface area contributed by atoms with Crippen LogP contribution in [0.5, 0.6) is 0 Å². The number of carboxylic acids is 1. The molecule has 1 aromatic carbocycles. The third-order valence-electron chi connectivity index (χ3n) is 2.05. The number of ether oxygens (including phenoxy) is 1. The lowest BCUT2D eigenvalue weighted by Gasteiger charge is -2.09. The van der Waals surface area contributed by atoms with Crippen molar-refractivity contribution in [2.24, 2.45) is 0 Å². The zero-order chi connectivity index (χ0) is 13.5. The number of hydrogen-bond acceptors (Lipinski definition) is 3. The summed E-state index contributed by atoms with van der Waals surface area (Å²) in [6, 6.07) is 3.96. The Kier molecular flexibility index (Phi) is 5.60. The Balaban J connectivity index is 2.68. The average Bonchev–Trinajstić information content (AvgIpc) is 2.32. The molecule has 0 aromatic heterocycles. The average molecular weight is 317 g/mol. The number of anilines is 1. The van der Waals surface area contributed by atoms with Crippen LogP contribution in [0.3, 0.4) is 0 Å². The van der Waals surface area contributed by atoms with Crippen LogP contribution in [0.25, 0.3) is 0 Å². The first-order valence-electron chi connectivity index (χ1n) is 5.11. The highest BCUT2D eigenvalue weighted by Gasteiger charge is 2.09. The maximum Gasteiger partial charge on any atom is 0.335 e. The molecule has 0 aliphatic carbocycles. The summed E-state index contributed by atoms with van der Waals surface area (Å²) in [7, 11) is 1.53. The summed E-state index contributed by atoms with van der Waals surface area (Å²) in [6.45, 7) is 0.780. The van der Waals surface area contributed by atoms with Gasteiger partial charge in [-0.1, -0.05) is 0 Å². The normalized spacial score (nSPS) is 9.89. The van der Waals surface area contributed by atoms with Crippen LogP contribution in [0.4, 0.5) is 10.5 Å². The number of hydrogen-bond donors (Lipinski definition) is 3. The summed E-state index contributed by atoms with van der Waals surface area (Å²) < 4.78 is 5.39. The molecule has 0 atom stereocenters. The second-order valence-electron chi connectivity index (χ2n) is 3.37. The number of aromatic carboxylic acids is 1. The Hall–Kier alpha value is -1.60. The van der Waals surface area contributed by atoms with Gasteiger partial charge in [-0.25, -0.2) is 9.59 Å². The quantitative estimate of drug-likeness (QED) is 0.724. The van der Waals surface area contributed by atoms with Gasteiger partial charge in [0, 0.05) is 18.1 Å². The van der Waals surface area contributed by atoms with Gasteiger partial charge in [0.2, 0.25) is 0 Å². The van der Waals surface area contributed by atoms with Crippen molar-refractivity contribution in [1.82, 2.24) is 5.32 Å². The molecule has 1 rings (SSSR count). The van der Waals surface area contributed by atoms with Crippen molar-refractivity contribution in [1.29, 1.82) is 0 Å². The zero-order valence-corrected chi connectivity index (χ0v) is 11.3. The second-order valence-corrected chi connectivity index (χ2v) is 4.23. The van der Waals surface area contributed by atoms with Gasteiger partial charge in [0.25, 0.3) is 0 Å². The largest absolute Gasteiger partial charge is 0.478 e. The van der Waals surface area contributed by atoms with E-state index in [2.05, 4.69) is 26.6 Å². The van der Waals surface area contributed by atoms with Gasteiger partial charge in [0.1, 0.15) is 0 Å². The Morgan fingerprint density at radius 1 is 1.44 bits per heavy atom. The molecule has 6 nitrogen and oxygen atoms in total. The van der Waals surface area contributed by atoms with E-state index >= 15 is 0 Å². The lowest BCUT2D eigenvalue weighted by atomic mass is 10.2. The Labute approximate surface area is 112 Å². The molecule has 0 aliphatic heterocycles. The van der Waals surface area contributed by atoms with Crippen LogP contribution < -0.4 is 10.6 Å². The number of methoxy groups -OCH3 is 1. The van der Waals surface area contributed by atoms with Gasteiger partial charge in [-0.05, 0) is 34.1 Å². The molecule has 0 saturated carbocycles. The fourth-order valence-corrected chi connectivity index (χ4v) is 1.53. The van der Waals surface area contributed by atoms with E-state index in [9.17, 15) is 9.59 Å². The highest BCUT2D eigenvalue weighted by atomic mass is 79.9. The summed E-state index contributed by atoms with van der Waals surface area (Å²) in [5, 5.41) is 14.0. The van der Waals surface area contributed by atoms with Crippen LogP contribution >= 0.6 is 15.9 Å². The van der Waals surface area contributed by atoms with Crippen molar-refractivity contribution in [3.8, 4) is 0 Å². The number of carbonyl (C=O) groups is 2. The van der Waals surface area contributed by atoms with E-state index in [4.69, 9.17) is 9.84 Å². The molecule has 0 spiro atoms. The molecule has 7 heteroatoms. The molecule has 0 saturated heterocycles. The molecule has 0 radical (unpaired) electrons. The van der Waals surface area contributed by atoms with Crippen LogP contribution in [0.2, 0.25) is 0 Å². The highest BCUT2D eigenvalue weighted by Crippen LogP contribution is 2.23. The highest BCUT2D eigenvalue weighted by molar-refractivity contribution is 9.10. The topological polar surface area (TPSA) is 87.7 Å². The van der Waals surface area contributed by atoms with Crippen molar-refractivity contribution in [3.63, 3.8) is 0 Å². The Morgan fingerprint density at radius 2 is 2.17 bits per heavy atom. The van der Waals surface area contributed by atoms with Crippen molar-refractivity contribution in [3.05, 3.63) is 28.2 Å². The summed E-state index contributed by atoms with van der Waals surface area (Å²) >= 11 is 3.23. The lowest BCUT2D eigenvalue weighted by molar-refractivity contribution is 0.0697. The van der Waals surface area contributed by atoms with E-state index in [1.807, 2.05) is 0 Å². The predicted octanol–water partition coefficient (Wildman–Crippen LogP) is 1.92. The minimum Gasteiger partial charge on any atom is -0.478 e. The standard InChI is InChI=1S/C11H13BrN2O4/c1-18-5-4-13-11(17)14-9-6-7(10(15)16)2-3-8(9)12/h2-3,6H,4-5H2,1H3,(H,15,16)(H2,13,14,17). The van der Waals surface area contributed by atoms with Crippen molar-refractivity contribution in [2.75, 3.05) is 25.6 Å². The van der Waals surface area contributed by atoms with E-state index in [1.54, 1.807) is 6.07 Å². The van der Waals surface area contributed by atoms with Crippen LogP contribution in [0, 0.1) is 0 Å². The van der Waals surface area contributed by atoms with Gasteiger partial charge < -0.3 is 20.5 Å². The summed E-state index contributed by atoms with van der Waals surface area (Å²) in [6.07, 6.45) is 0. The second kappa shape index (κ2) is 6.97. The molecule has 0 fully saturated rings. The maximum absolute atomic E-state index is 11.5. The molecule has 1 aromatic rings. The minimum absolute atomic E-state index is 0.102. The predicted molar refractivity (Wildman–Crippen MR) is 70.0 cm³/mol. The molecule has 0 aliphatic rings. The monoisotopic (exact) mass is 316 g/mol. The molecular weight excluding hydrogens is 304 g/mol.